The van der Waals surface area contributed by atoms with Crippen LogP contribution < -0.4 is 31.2 Å². The molecule has 0 spiro atoms. The predicted molar refractivity (Wildman–Crippen MR) is 184 cm³/mol. The molecule has 9 rings (SSSR count). The van der Waals surface area contributed by atoms with Gasteiger partial charge in [0.1, 0.15) is 5.82 Å². The van der Waals surface area contributed by atoms with Crippen molar-refractivity contribution in [3.05, 3.63) is 152 Å². The van der Waals surface area contributed by atoms with Crippen LogP contribution in [0.15, 0.2) is 152 Å². The number of hydrazine groups is 2. The van der Waals surface area contributed by atoms with E-state index in [-0.39, 0.29) is 0 Å². The fourth-order valence-electron chi connectivity index (χ4n) is 7.48. The number of aromatic nitrogens is 2. The summed E-state index contributed by atoms with van der Waals surface area (Å²) in [6.45, 7) is 0. The Morgan fingerprint density at radius 3 is 2.07 bits per heavy atom. The zero-order valence-electron chi connectivity index (χ0n) is 24.2. The molecule has 0 bridgehead atoms. The Morgan fingerprint density at radius 1 is 0.614 bits per heavy atom. The van der Waals surface area contributed by atoms with E-state index in [0.717, 1.165) is 11.5 Å². The molecular weight excluding hydrogens is 555 g/mol. The SMILES string of the molecule is CN1NC=CN1c1cccc([Si]2(c3ccc4c5ccccc5n(-c5ccccn5)c4c3)c3ccccc3-c3ccccc32)c1. The van der Waals surface area contributed by atoms with Gasteiger partial charge in [0.05, 0.1) is 16.7 Å². The van der Waals surface area contributed by atoms with E-state index in [9.17, 15) is 0 Å². The molecule has 0 amide bonds. The van der Waals surface area contributed by atoms with Crippen LogP contribution in [-0.2, 0) is 0 Å². The van der Waals surface area contributed by atoms with Crippen molar-refractivity contribution in [2.75, 3.05) is 12.1 Å². The Labute approximate surface area is 256 Å². The van der Waals surface area contributed by atoms with E-state index >= 15 is 0 Å². The average molecular weight is 584 g/mol. The van der Waals surface area contributed by atoms with Crippen molar-refractivity contribution < 1.29 is 0 Å². The van der Waals surface area contributed by atoms with Gasteiger partial charge in [0, 0.05) is 36.4 Å². The molecule has 7 aromatic rings. The van der Waals surface area contributed by atoms with Gasteiger partial charge >= 0.3 is 0 Å². The molecule has 4 heterocycles. The zero-order valence-corrected chi connectivity index (χ0v) is 25.2. The van der Waals surface area contributed by atoms with Crippen LogP contribution in [0.2, 0.25) is 0 Å². The van der Waals surface area contributed by atoms with Crippen molar-refractivity contribution in [3.63, 3.8) is 0 Å². The first kappa shape index (κ1) is 25.1. The molecule has 0 saturated carbocycles. The number of benzene rings is 5. The van der Waals surface area contributed by atoms with Gasteiger partial charge in [0.15, 0.2) is 8.07 Å². The number of anilines is 1. The summed E-state index contributed by atoms with van der Waals surface area (Å²) in [5.74, 6) is 0.928. The molecule has 44 heavy (non-hydrogen) atoms. The molecule has 0 fully saturated rings. The summed E-state index contributed by atoms with van der Waals surface area (Å²) >= 11 is 0. The highest BCUT2D eigenvalue weighted by Crippen LogP contribution is 2.33. The highest BCUT2D eigenvalue weighted by atomic mass is 28.3. The van der Waals surface area contributed by atoms with Crippen LogP contribution in [0.3, 0.4) is 0 Å². The lowest BCUT2D eigenvalue weighted by atomic mass is 10.1. The van der Waals surface area contributed by atoms with Gasteiger partial charge in [-0.2, -0.15) is 0 Å². The monoisotopic (exact) mass is 583 g/mol. The molecule has 6 heteroatoms. The van der Waals surface area contributed by atoms with E-state index in [4.69, 9.17) is 4.98 Å². The van der Waals surface area contributed by atoms with Crippen LogP contribution in [0, 0.1) is 0 Å². The number of nitrogens with one attached hydrogen (secondary N) is 1. The van der Waals surface area contributed by atoms with Crippen LogP contribution in [-0.4, -0.2) is 29.8 Å². The lowest BCUT2D eigenvalue weighted by molar-refractivity contribution is 0.302. The van der Waals surface area contributed by atoms with Crippen molar-refractivity contribution in [2.45, 2.75) is 0 Å². The minimum Gasteiger partial charge on any atom is -0.307 e. The van der Waals surface area contributed by atoms with Crippen molar-refractivity contribution in [2.24, 2.45) is 0 Å². The quantitative estimate of drug-likeness (QED) is 0.290. The van der Waals surface area contributed by atoms with E-state index in [2.05, 4.69) is 149 Å². The van der Waals surface area contributed by atoms with Gasteiger partial charge in [0.2, 0.25) is 0 Å². The maximum absolute atomic E-state index is 4.81. The second-order valence-electron chi connectivity index (χ2n) is 11.5. The molecular formula is C38H29N5Si. The summed E-state index contributed by atoms with van der Waals surface area (Å²) in [5, 5.41) is 12.2. The van der Waals surface area contributed by atoms with Crippen molar-refractivity contribution in [1.29, 1.82) is 0 Å². The molecule has 0 radical (unpaired) electrons. The molecule has 0 unspecified atom stereocenters. The summed E-state index contributed by atoms with van der Waals surface area (Å²) < 4.78 is 2.33. The van der Waals surface area contributed by atoms with Crippen LogP contribution in [0.5, 0.6) is 0 Å². The van der Waals surface area contributed by atoms with Gasteiger partial charge < -0.3 is 5.43 Å². The number of rotatable bonds is 4. The number of nitrogens with zero attached hydrogens (tertiary/aromatic N) is 4. The third-order valence-corrected chi connectivity index (χ3v) is 14.1. The van der Waals surface area contributed by atoms with E-state index in [1.165, 1.54) is 53.7 Å². The summed E-state index contributed by atoms with van der Waals surface area (Å²) in [6.07, 6.45) is 5.91. The Bertz CT molecular complexity index is 2210. The zero-order chi connectivity index (χ0) is 29.3. The maximum Gasteiger partial charge on any atom is 0.181 e. The van der Waals surface area contributed by atoms with Gasteiger partial charge in [0.25, 0.3) is 0 Å². The Kier molecular flexibility index (Phi) is 5.44. The van der Waals surface area contributed by atoms with Crippen LogP contribution in [0.25, 0.3) is 38.8 Å². The van der Waals surface area contributed by atoms with Crippen molar-refractivity contribution in [1.82, 2.24) is 20.1 Å². The summed E-state index contributed by atoms with van der Waals surface area (Å²) in [7, 11) is -0.712. The Morgan fingerprint density at radius 2 is 1.32 bits per heavy atom. The molecule has 210 valence electrons. The molecule has 0 saturated heterocycles. The molecule has 0 aliphatic carbocycles. The summed E-state index contributed by atoms with van der Waals surface area (Å²) in [4.78, 5) is 4.81. The van der Waals surface area contributed by atoms with E-state index in [1.807, 2.05) is 30.6 Å². The molecule has 1 N–H and O–H groups in total. The topological polar surface area (TPSA) is 36.3 Å². The van der Waals surface area contributed by atoms with Gasteiger partial charge in [-0.05, 0) is 68.3 Å². The molecule has 2 aromatic heterocycles. The molecule has 5 aromatic carbocycles. The van der Waals surface area contributed by atoms with Crippen molar-refractivity contribution in [3.8, 4) is 16.9 Å². The number of hydrogen-bond acceptors (Lipinski definition) is 4. The minimum atomic E-state index is -2.74. The third-order valence-electron chi connectivity index (χ3n) is 9.28. The van der Waals surface area contributed by atoms with Crippen molar-refractivity contribution >= 4 is 56.3 Å². The smallest absolute Gasteiger partial charge is 0.181 e. The van der Waals surface area contributed by atoms with Gasteiger partial charge in [-0.25, -0.2) is 4.98 Å². The lowest BCUT2D eigenvalue weighted by Gasteiger charge is -2.33. The second kappa shape index (κ2) is 9.54. The first-order valence-corrected chi connectivity index (χ1v) is 17.0. The Balaban J connectivity index is 1.40. The number of fused-ring (bicyclic) bond motifs is 6. The van der Waals surface area contributed by atoms with Crippen LogP contribution in [0.4, 0.5) is 5.69 Å². The normalized spacial score (nSPS) is 15.1. The number of pyridine rings is 1. The minimum absolute atomic E-state index is 0.928. The number of para-hydroxylation sites is 1. The standard InChI is InChI=1S/C38H29N5Si/c1-41-40-23-24-42(41)27-11-10-12-28(25-27)44(36-17-6-3-14-32(36)33-15-4-7-18-37(33)44)29-20-21-31-30-13-2-5-16-34(30)43(35(31)26-29)38-19-8-9-22-39-38/h2-26,40H,1H3. The van der Waals surface area contributed by atoms with E-state index < -0.39 is 8.07 Å². The molecule has 2 aliphatic rings. The van der Waals surface area contributed by atoms with Gasteiger partial charge in [-0.3, -0.25) is 9.58 Å². The third kappa shape index (κ3) is 3.40. The van der Waals surface area contributed by atoms with Gasteiger partial charge in [-0.1, -0.05) is 97.1 Å². The van der Waals surface area contributed by atoms with E-state index in [0.29, 0.717) is 0 Å². The van der Waals surface area contributed by atoms with Crippen LogP contribution >= 0.6 is 0 Å². The molecule has 0 atom stereocenters. The maximum atomic E-state index is 4.81. The largest absolute Gasteiger partial charge is 0.307 e. The fraction of sp³-hybridized carbons (Fsp3) is 0.0263. The van der Waals surface area contributed by atoms with E-state index in [1.54, 1.807) is 0 Å². The molecule has 5 nitrogen and oxygen atoms in total. The first-order chi connectivity index (χ1) is 21.7. The Hall–Kier alpha value is -5.43. The predicted octanol–water partition coefficient (Wildman–Crippen LogP) is 5.18. The first-order valence-electron chi connectivity index (χ1n) is 15.0. The second-order valence-corrected chi connectivity index (χ2v) is 15.2. The van der Waals surface area contributed by atoms with Gasteiger partial charge in [-0.15, -0.1) is 5.12 Å². The summed E-state index contributed by atoms with van der Waals surface area (Å²) in [6, 6.07) is 49.3. The lowest BCUT2D eigenvalue weighted by Crippen LogP contribution is -2.72. The fourth-order valence-corrected chi connectivity index (χ4v) is 12.7. The molecule has 2 aliphatic heterocycles. The number of hydrogen-bond donors (Lipinski definition) is 1. The highest BCUT2D eigenvalue weighted by molar-refractivity contribution is 7.22. The summed E-state index contributed by atoms with van der Waals surface area (Å²) in [5.41, 5.74) is 9.42. The highest BCUT2D eigenvalue weighted by Gasteiger charge is 2.49. The van der Waals surface area contributed by atoms with Crippen LogP contribution in [0.1, 0.15) is 0 Å². The average Bonchev–Trinajstić information content (AvgIpc) is 3.75.